The lowest BCUT2D eigenvalue weighted by Crippen LogP contribution is -2.57. The average Bonchev–Trinajstić information content (AvgIpc) is 0.729. The van der Waals surface area contributed by atoms with Crippen molar-refractivity contribution >= 4 is 0 Å². The van der Waals surface area contributed by atoms with Crippen molar-refractivity contribution in [2.75, 3.05) is 0 Å². The number of rotatable bonds is 30. The molecule has 0 unspecified atom stereocenters. The summed E-state index contributed by atoms with van der Waals surface area (Å²) in [5.41, 5.74) is -11.7. The molecule has 99 heavy (non-hydrogen) atoms. The van der Waals surface area contributed by atoms with Crippen LogP contribution in [0.2, 0.25) is 0 Å². The minimum atomic E-state index is -4.18. The third kappa shape index (κ3) is 24.6. The van der Waals surface area contributed by atoms with Crippen molar-refractivity contribution in [2.45, 2.75) is 384 Å². The number of alkyl halides is 18. The average molecular weight is 1470 g/mol. The first kappa shape index (κ1) is 109. The van der Waals surface area contributed by atoms with Gasteiger partial charge in [-0.05, 0) is 150 Å². The number of halogens is 18. The van der Waals surface area contributed by atoms with Crippen LogP contribution in [-0.4, -0.2) is 37.1 Å². The summed E-state index contributed by atoms with van der Waals surface area (Å²) >= 11 is 0. The van der Waals surface area contributed by atoms with Gasteiger partial charge in [-0.3, -0.25) is 0 Å². The molecule has 0 aromatic rings. The van der Waals surface area contributed by atoms with Crippen LogP contribution < -0.4 is 0 Å². The topological polar surface area (TPSA) is 0 Å². The smallest absolute Gasteiger partial charge is 0.170 e. The molecule has 0 aromatic carbocycles. The molecule has 0 heterocycles. The predicted molar refractivity (Wildman–Crippen MR) is 387 cm³/mol. The largest absolute Gasteiger partial charge is 0.395 e. The summed E-state index contributed by atoms with van der Waals surface area (Å²) in [4.78, 5) is 0. The summed E-state index contributed by atoms with van der Waals surface area (Å²) in [6.45, 7) is 69.0. The standard InChI is InChI=1S/C17H33F3.C15H29F3.2C13H25F3.C12H23F3.C11H21F3/c1-10(2)14(11(3)4)16(9,17(18,19)20)15(12(5)6)13(7)8;1-8-12(5,9-2)14(7,15(16,17)18)13(6,10-3)11-4;1-8(2)11(9(3)4)12(7,10(5)6)13(14,15)16;1-6-10(7-2)12(5,13(14,15)16)11(8-3)9-4;1-7-10(5,8-2)11(6,9(3)4)12(13,14)15;1-6-9(7-2)10(5,8(3)4)11(12,13)14/h10-15H,1-9H3;8-11H2,1-7H3;8-11H,1-7H3;10-11H,6-9H2,1-5H3;9H,7-8H2,1-6H3;8-9H,6-7H2,1-5H3/t;;12-;;11-;10-/m..0.00/s1. The molecule has 18 heteroatoms. The fourth-order valence-corrected chi connectivity index (χ4v) is 18.9. The van der Waals surface area contributed by atoms with Gasteiger partial charge in [0.25, 0.3) is 0 Å². The first-order valence-corrected chi connectivity index (χ1v) is 38.2. The van der Waals surface area contributed by atoms with E-state index in [0.29, 0.717) is 77.0 Å². The van der Waals surface area contributed by atoms with Gasteiger partial charge in [-0.2, -0.15) is 79.0 Å². The third-order valence-corrected chi connectivity index (χ3v) is 27.4. The summed E-state index contributed by atoms with van der Waals surface area (Å²) in [6.07, 6.45) is -17.9. The van der Waals surface area contributed by atoms with E-state index in [1.54, 1.807) is 62.3 Å². The highest BCUT2D eigenvalue weighted by molar-refractivity contribution is 5.06. The SMILES string of the molecule is CC(C)C(C(C)C)C(C)(C(C(C)C)C(C)C)C(F)(F)F.CC(C)C(C(C)C)[C@](C)(C(C)C)C(F)(F)F.CCC(C)(CC)C(C)(C(F)(F)F)C(C)(CC)CC.CCC(C)(CC)[C@](C)(C(C)C)C(F)(F)F.CCC(CC)C(C)(C(CC)CC)C(F)(F)F.CCC(CC)[C@](C)(C(C)C)C(F)(F)F. The summed E-state index contributed by atoms with van der Waals surface area (Å²) in [7, 11) is 0. The highest BCUT2D eigenvalue weighted by Crippen LogP contribution is 2.66. The van der Waals surface area contributed by atoms with Crippen molar-refractivity contribution in [3.05, 3.63) is 0 Å². The molecule has 0 saturated carbocycles. The van der Waals surface area contributed by atoms with Gasteiger partial charge in [-0.1, -0.05) is 302 Å². The maximum Gasteiger partial charge on any atom is 0.395 e. The third-order valence-electron chi connectivity index (χ3n) is 27.4. The van der Waals surface area contributed by atoms with Crippen molar-refractivity contribution < 1.29 is 79.0 Å². The number of hydrogen-bond acceptors (Lipinski definition) is 0. The number of hydrogen-bond donors (Lipinski definition) is 0. The molecular formula is C81H156F18. The minimum absolute atomic E-state index is 0.0154. The Morgan fingerprint density at radius 2 is 0.384 bits per heavy atom. The zero-order chi connectivity index (χ0) is 81.6. The second-order valence-corrected chi connectivity index (χ2v) is 34.3. The maximum absolute atomic E-state index is 14.0. The van der Waals surface area contributed by atoms with Gasteiger partial charge < -0.3 is 0 Å². The molecule has 0 spiro atoms. The Morgan fingerprint density at radius 1 is 0.202 bits per heavy atom. The minimum Gasteiger partial charge on any atom is -0.170 e. The fraction of sp³-hybridized carbons (Fsp3) is 1.00. The highest BCUT2D eigenvalue weighted by atomic mass is 19.4. The van der Waals surface area contributed by atoms with Crippen LogP contribution >= 0.6 is 0 Å². The fourth-order valence-electron chi connectivity index (χ4n) is 18.9. The van der Waals surface area contributed by atoms with E-state index < -0.39 is 97.6 Å². The molecule has 0 rings (SSSR count). The normalized spacial score (nSPS) is 16.0. The van der Waals surface area contributed by atoms with Crippen molar-refractivity contribution in [3.63, 3.8) is 0 Å². The van der Waals surface area contributed by atoms with E-state index >= 15 is 0 Å². The zero-order valence-corrected chi connectivity index (χ0v) is 70.4. The molecule has 0 aliphatic rings. The molecular weight excluding hydrogens is 1310 g/mol. The molecule has 0 bridgehead atoms. The Balaban J connectivity index is -0.000000263. The van der Waals surface area contributed by atoms with E-state index in [9.17, 15) is 79.0 Å². The molecule has 0 fully saturated rings. The Labute approximate surface area is 598 Å². The van der Waals surface area contributed by atoms with Gasteiger partial charge in [0.05, 0.1) is 32.5 Å². The van der Waals surface area contributed by atoms with Gasteiger partial charge in [-0.25, -0.2) is 0 Å². The monoisotopic (exact) mass is 1470 g/mol. The van der Waals surface area contributed by atoms with E-state index in [1.807, 2.05) is 166 Å². The zero-order valence-electron chi connectivity index (χ0n) is 70.4. The molecule has 606 valence electrons. The van der Waals surface area contributed by atoms with Crippen molar-refractivity contribution in [1.29, 1.82) is 0 Å². The van der Waals surface area contributed by atoms with Crippen molar-refractivity contribution in [3.8, 4) is 0 Å². The van der Waals surface area contributed by atoms with Gasteiger partial charge in [-0.15, -0.1) is 0 Å². The lowest BCUT2D eigenvalue weighted by molar-refractivity contribution is -0.301. The first-order valence-electron chi connectivity index (χ1n) is 38.2. The lowest BCUT2D eigenvalue weighted by atomic mass is 9.49. The Hall–Kier alpha value is -1.26. The first-order chi connectivity index (χ1) is 43.8. The van der Waals surface area contributed by atoms with E-state index in [0.717, 1.165) is 0 Å². The molecule has 0 N–H and O–H groups in total. The van der Waals surface area contributed by atoms with Crippen LogP contribution in [0.3, 0.4) is 0 Å². The molecule has 0 aliphatic carbocycles. The quantitative estimate of drug-likeness (QED) is 0.0629. The summed E-state index contributed by atoms with van der Waals surface area (Å²) < 4.78 is 242. The molecule has 0 saturated heterocycles. The summed E-state index contributed by atoms with van der Waals surface area (Å²) in [5, 5.41) is 0. The lowest BCUT2D eigenvalue weighted by Gasteiger charge is -2.57. The Kier molecular flexibility index (Phi) is 45.8. The molecule has 0 nitrogen and oxygen atoms in total. The van der Waals surface area contributed by atoms with Gasteiger partial charge in [0.15, 0.2) is 0 Å². The summed E-state index contributed by atoms with van der Waals surface area (Å²) in [6, 6.07) is 0. The molecule has 0 aromatic heterocycles. The van der Waals surface area contributed by atoms with Crippen molar-refractivity contribution in [2.24, 2.45) is 138 Å². The van der Waals surface area contributed by atoms with Gasteiger partial charge >= 0.3 is 37.1 Å². The Morgan fingerprint density at radius 3 is 0.475 bits per heavy atom. The van der Waals surface area contributed by atoms with Crippen LogP contribution in [0.15, 0.2) is 0 Å². The Bertz CT molecular complexity index is 1990. The van der Waals surface area contributed by atoms with Gasteiger partial charge in [0.1, 0.15) is 0 Å². The van der Waals surface area contributed by atoms with Gasteiger partial charge in [0, 0.05) is 0 Å². The van der Waals surface area contributed by atoms with E-state index in [1.165, 1.54) is 41.5 Å². The second-order valence-electron chi connectivity index (χ2n) is 34.3. The molecule has 0 radical (unpaired) electrons. The molecule has 0 amide bonds. The van der Waals surface area contributed by atoms with E-state index in [2.05, 4.69) is 0 Å². The van der Waals surface area contributed by atoms with E-state index in [-0.39, 0.29) is 76.9 Å². The highest BCUT2D eigenvalue weighted by Gasteiger charge is 2.68. The molecule has 0 aliphatic heterocycles. The van der Waals surface area contributed by atoms with Crippen LogP contribution in [-0.2, 0) is 0 Å². The van der Waals surface area contributed by atoms with E-state index in [4.69, 9.17) is 0 Å². The summed E-state index contributed by atoms with van der Waals surface area (Å²) in [5.74, 6) is -2.91. The second kappa shape index (κ2) is 41.7. The maximum atomic E-state index is 14.0. The van der Waals surface area contributed by atoms with Crippen molar-refractivity contribution in [1.82, 2.24) is 0 Å². The van der Waals surface area contributed by atoms with Gasteiger partial charge in [0.2, 0.25) is 0 Å². The van der Waals surface area contributed by atoms with Crippen LogP contribution in [0.5, 0.6) is 0 Å². The van der Waals surface area contributed by atoms with Crippen LogP contribution in [0.25, 0.3) is 0 Å². The molecule has 3 atom stereocenters. The van der Waals surface area contributed by atoms with Crippen LogP contribution in [0.4, 0.5) is 79.0 Å². The van der Waals surface area contributed by atoms with Crippen LogP contribution in [0.1, 0.15) is 347 Å². The van der Waals surface area contributed by atoms with Crippen LogP contribution in [0, 0.1) is 138 Å². The predicted octanol–water partition coefficient (Wildman–Crippen LogP) is 32.9.